The molecule has 0 fully saturated rings. The lowest BCUT2D eigenvalue weighted by Gasteiger charge is -2.14. The first-order valence-electron chi connectivity index (χ1n) is 8.42. The minimum Gasteiger partial charge on any atom is -0.345 e. The van der Waals surface area contributed by atoms with Gasteiger partial charge in [-0.25, -0.2) is 9.07 Å². The Balaban J connectivity index is 1.66. The van der Waals surface area contributed by atoms with Gasteiger partial charge in [-0.05, 0) is 42.8 Å². The van der Waals surface area contributed by atoms with Crippen LogP contribution in [0.2, 0.25) is 0 Å². The Labute approximate surface area is 154 Å². The smallest absolute Gasteiger partial charge is 0.254 e. The molecule has 1 aromatic carbocycles. The summed E-state index contributed by atoms with van der Waals surface area (Å²) in [7, 11) is 0. The van der Waals surface area contributed by atoms with E-state index in [-0.39, 0.29) is 17.8 Å². The molecule has 7 heteroatoms. The molecule has 6 nitrogen and oxygen atoms in total. The molecule has 4 rings (SSSR count). The molecule has 27 heavy (non-hydrogen) atoms. The number of aromatic nitrogens is 4. The van der Waals surface area contributed by atoms with Gasteiger partial charge >= 0.3 is 0 Å². The van der Waals surface area contributed by atoms with Crippen LogP contribution in [0.3, 0.4) is 0 Å². The Morgan fingerprint density at radius 3 is 2.63 bits per heavy atom. The number of carbonyl (C=O) groups is 1. The average Bonchev–Trinajstić information content (AvgIpc) is 3.13. The van der Waals surface area contributed by atoms with Crippen LogP contribution in [0.15, 0.2) is 67.4 Å². The molecule has 0 saturated carbocycles. The van der Waals surface area contributed by atoms with E-state index in [4.69, 9.17) is 0 Å². The van der Waals surface area contributed by atoms with E-state index in [0.717, 1.165) is 5.56 Å². The van der Waals surface area contributed by atoms with Crippen LogP contribution in [-0.2, 0) is 0 Å². The monoisotopic (exact) mass is 361 g/mol. The Bertz CT molecular complexity index is 1090. The molecule has 1 unspecified atom stereocenters. The number of carbonyl (C=O) groups excluding carboxylic acids is 1. The molecule has 0 aliphatic carbocycles. The summed E-state index contributed by atoms with van der Waals surface area (Å²) >= 11 is 0. The highest BCUT2D eigenvalue weighted by atomic mass is 19.1. The lowest BCUT2D eigenvalue weighted by atomic mass is 10.1. The molecule has 0 bridgehead atoms. The third-order valence-corrected chi connectivity index (χ3v) is 4.34. The van der Waals surface area contributed by atoms with Crippen LogP contribution in [0.1, 0.15) is 28.9 Å². The fraction of sp³-hybridized carbons (Fsp3) is 0.100. The molecule has 4 aromatic rings. The molecule has 0 radical (unpaired) electrons. The zero-order chi connectivity index (χ0) is 18.8. The van der Waals surface area contributed by atoms with E-state index >= 15 is 0 Å². The maximum Gasteiger partial charge on any atom is 0.254 e. The van der Waals surface area contributed by atoms with Crippen molar-refractivity contribution in [2.45, 2.75) is 13.0 Å². The maximum absolute atomic E-state index is 13.2. The number of halogens is 1. The minimum atomic E-state index is -0.321. The zero-order valence-electron chi connectivity index (χ0n) is 14.5. The van der Waals surface area contributed by atoms with Crippen LogP contribution in [0, 0.1) is 5.82 Å². The van der Waals surface area contributed by atoms with E-state index in [9.17, 15) is 9.18 Å². The summed E-state index contributed by atoms with van der Waals surface area (Å²) in [6.07, 6.45) is 8.17. The van der Waals surface area contributed by atoms with Crippen molar-refractivity contribution < 1.29 is 9.18 Å². The van der Waals surface area contributed by atoms with Crippen molar-refractivity contribution in [3.05, 3.63) is 84.3 Å². The topological polar surface area (TPSA) is 72.7 Å². The van der Waals surface area contributed by atoms with Gasteiger partial charge in [-0.15, -0.1) is 0 Å². The van der Waals surface area contributed by atoms with Gasteiger partial charge < -0.3 is 5.32 Å². The van der Waals surface area contributed by atoms with E-state index < -0.39 is 0 Å². The molecule has 0 aliphatic heterocycles. The number of pyridine rings is 2. The summed E-state index contributed by atoms with van der Waals surface area (Å²) in [5, 5.41) is 7.97. The number of hydrogen-bond acceptors (Lipinski definition) is 4. The number of amides is 1. The van der Waals surface area contributed by atoms with Crippen molar-refractivity contribution in [2.24, 2.45) is 0 Å². The fourth-order valence-electron chi connectivity index (χ4n) is 2.90. The van der Waals surface area contributed by atoms with Crippen LogP contribution >= 0.6 is 0 Å². The van der Waals surface area contributed by atoms with Gasteiger partial charge in [0.2, 0.25) is 0 Å². The number of benzene rings is 1. The van der Waals surface area contributed by atoms with Crippen LogP contribution in [0.25, 0.3) is 16.6 Å². The highest BCUT2D eigenvalue weighted by molar-refractivity contribution is 6.06. The largest absolute Gasteiger partial charge is 0.345 e. The summed E-state index contributed by atoms with van der Waals surface area (Å²) in [6, 6.07) is 9.51. The molecular weight excluding hydrogens is 345 g/mol. The van der Waals surface area contributed by atoms with E-state index in [2.05, 4.69) is 20.4 Å². The van der Waals surface area contributed by atoms with E-state index in [1.165, 1.54) is 18.3 Å². The number of rotatable bonds is 4. The van der Waals surface area contributed by atoms with Crippen LogP contribution < -0.4 is 5.32 Å². The second-order valence-electron chi connectivity index (χ2n) is 6.13. The SMILES string of the molecule is CC(NC(=O)c1cncc2c1cnn2-c1ccc(F)cc1)c1cccnc1. The molecule has 3 heterocycles. The van der Waals surface area contributed by atoms with Crippen molar-refractivity contribution in [2.75, 3.05) is 0 Å². The molecule has 1 atom stereocenters. The predicted octanol–water partition coefficient (Wildman–Crippen LogP) is 3.45. The van der Waals surface area contributed by atoms with Crippen LogP contribution in [0.4, 0.5) is 4.39 Å². The average molecular weight is 361 g/mol. The first-order chi connectivity index (χ1) is 13.1. The van der Waals surface area contributed by atoms with Crippen LogP contribution in [-0.4, -0.2) is 25.7 Å². The Kier molecular flexibility index (Phi) is 4.33. The van der Waals surface area contributed by atoms with Gasteiger partial charge in [0.05, 0.1) is 35.2 Å². The first-order valence-corrected chi connectivity index (χ1v) is 8.42. The number of nitrogens with zero attached hydrogens (tertiary/aromatic N) is 4. The first kappa shape index (κ1) is 16.8. The Morgan fingerprint density at radius 1 is 1.07 bits per heavy atom. The molecular formula is C20H16FN5O. The second-order valence-corrected chi connectivity index (χ2v) is 6.13. The molecule has 1 amide bonds. The summed E-state index contributed by atoms with van der Waals surface area (Å²) in [5.41, 5.74) is 2.70. The normalized spacial score (nSPS) is 12.1. The summed E-state index contributed by atoms with van der Waals surface area (Å²) in [5.74, 6) is -0.569. The molecule has 0 saturated heterocycles. The lowest BCUT2D eigenvalue weighted by Crippen LogP contribution is -2.27. The highest BCUT2D eigenvalue weighted by Crippen LogP contribution is 2.22. The van der Waals surface area contributed by atoms with Gasteiger partial charge in [-0.1, -0.05) is 6.07 Å². The van der Waals surface area contributed by atoms with Crippen molar-refractivity contribution in [3.63, 3.8) is 0 Å². The lowest BCUT2D eigenvalue weighted by molar-refractivity contribution is 0.0941. The van der Waals surface area contributed by atoms with Crippen molar-refractivity contribution in [1.29, 1.82) is 0 Å². The number of nitrogens with one attached hydrogen (secondary N) is 1. The van der Waals surface area contributed by atoms with Gasteiger partial charge in [-0.2, -0.15) is 5.10 Å². The third-order valence-electron chi connectivity index (χ3n) is 4.34. The van der Waals surface area contributed by atoms with Crippen molar-refractivity contribution in [3.8, 4) is 5.69 Å². The van der Waals surface area contributed by atoms with Crippen molar-refractivity contribution >= 4 is 16.8 Å². The van der Waals surface area contributed by atoms with Gasteiger partial charge in [0.1, 0.15) is 5.82 Å². The highest BCUT2D eigenvalue weighted by Gasteiger charge is 2.17. The molecule has 1 N–H and O–H groups in total. The standard InChI is InChI=1S/C20H16FN5O/c1-13(14-3-2-8-22-9-14)25-20(27)18-10-23-12-19-17(18)11-24-26(19)16-6-4-15(21)5-7-16/h2-13H,1H3,(H,25,27). The van der Waals surface area contributed by atoms with E-state index in [0.29, 0.717) is 22.2 Å². The number of hydrogen-bond donors (Lipinski definition) is 1. The molecule has 3 aromatic heterocycles. The maximum atomic E-state index is 13.2. The third kappa shape index (κ3) is 3.27. The van der Waals surface area contributed by atoms with Gasteiger partial charge in [0.15, 0.2) is 0 Å². The van der Waals surface area contributed by atoms with Gasteiger partial charge in [0.25, 0.3) is 5.91 Å². The quantitative estimate of drug-likeness (QED) is 0.604. The molecule has 0 spiro atoms. The Hall–Kier alpha value is -3.61. The van der Waals surface area contributed by atoms with Gasteiger partial charge in [-0.3, -0.25) is 14.8 Å². The summed E-state index contributed by atoms with van der Waals surface area (Å²) in [4.78, 5) is 21.0. The van der Waals surface area contributed by atoms with Crippen molar-refractivity contribution in [1.82, 2.24) is 25.1 Å². The predicted molar refractivity (Wildman–Crippen MR) is 98.9 cm³/mol. The van der Waals surface area contributed by atoms with Crippen LogP contribution in [0.5, 0.6) is 0 Å². The second kappa shape index (κ2) is 6.95. The molecule has 0 aliphatic rings. The van der Waals surface area contributed by atoms with E-state index in [1.807, 2.05) is 19.1 Å². The minimum absolute atomic E-state index is 0.200. The number of fused-ring (bicyclic) bond motifs is 1. The van der Waals surface area contributed by atoms with E-state index in [1.54, 1.807) is 41.6 Å². The van der Waals surface area contributed by atoms with Gasteiger partial charge in [0, 0.05) is 24.0 Å². The Morgan fingerprint density at radius 2 is 1.89 bits per heavy atom. The zero-order valence-corrected chi connectivity index (χ0v) is 14.5. The molecule has 134 valence electrons. The summed E-state index contributed by atoms with van der Waals surface area (Å²) < 4.78 is 14.8. The summed E-state index contributed by atoms with van der Waals surface area (Å²) in [6.45, 7) is 1.89. The fourth-order valence-corrected chi connectivity index (χ4v) is 2.90.